The maximum absolute atomic E-state index is 4.00. The SMILES string of the molecule is CCCCCCCCC1(CCCCCCCC)c2cc(Br)ccc2-c2sc3c(c21)C(CCCCCCCC)(CCCCCCCC)c1cc(Br)ccc1-3. The van der Waals surface area contributed by atoms with E-state index in [4.69, 9.17) is 0 Å². The van der Waals surface area contributed by atoms with E-state index in [0.29, 0.717) is 0 Å². The van der Waals surface area contributed by atoms with Crippen molar-refractivity contribution in [1.82, 2.24) is 0 Å². The Morgan fingerprint density at radius 1 is 0.396 bits per heavy atom. The van der Waals surface area contributed by atoms with Crippen LogP contribution in [0.25, 0.3) is 20.9 Å². The van der Waals surface area contributed by atoms with Crippen LogP contribution in [0.3, 0.4) is 0 Å². The van der Waals surface area contributed by atoms with Crippen LogP contribution in [0.4, 0.5) is 0 Å². The van der Waals surface area contributed by atoms with Crippen LogP contribution in [-0.2, 0) is 10.8 Å². The highest BCUT2D eigenvalue weighted by molar-refractivity contribution is 9.10. The van der Waals surface area contributed by atoms with E-state index in [9.17, 15) is 0 Å². The number of hydrogen-bond acceptors (Lipinski definition) is 1. The molecule has 0 amide bonds. The van der Waals surface area contributed by atoms with Gasteiger partial charge < -0.3 is 0 Å². The summed E-state index contributed by atoms with van der Waals surface area (Å²) < 4.78 is 2.52. The van der Waals surface area contributed by atoms with E-state index in [0.717, 1.165) is 0 Å². The predicted molar refractivity (Wildman–Crippen MR) is 244 cm³/mol. The van der Waals surface area contributed by atoms with Crippen LogP contribution in [-0.4, -0.2) is 0 Å². The monoisotopic (exact) mass is 864 g/mol. The van der Waals surface area contributed by atoms with Crippen molar-refractivity contribution in [2.45, 2.75) is 218 Å². The molecule has 2 aliphatic carbocycles. The number of unbranched alkanes of at least 4 members (excludes halogenated alkanes) is 20. The van der Waals surface area contributed by atoms with E-state index in [1.54, 1.807) is 43.1 Å². The predicted octanol–water partition coefficient (Wildman–Crippen LogP) is 18.8. The molecule has 3 aromatic rings. The van der Waals surface area contributed by atoms with Gasteiger partial charge in [-0.1, -0.05) is 226 Å². The van der Waals surface area contributed by atoms with Crippen LogP contribution >= 0.6 is 43.2 Å². The molecule has 0 spiro atoms. The molecule has 1 aromatic heterocycles. The molecule has 0 fully saturated rings. The molecule has 0 unspecified atom stereocenters. The van der Waals surface area contributed by atoms with Crippen molar-refractivity contribution in [2.24, 2.45) is 0 Å². The van der Waals surface area contributed by atoms with Crippen LogP contribution in [0.2, 0.25) is 0 Å². The van der Waals surface area contributed by atoms with Crippen molar-refractivity contribution in [1.29, 1.82) is 0 Å². The standard InChI is InChI=1S/C50H74Br2S/c1-5-9-13-17-21-25-33-49(34-26-22-18-14-10-6-2)43-37-39(51)29-31-41(43)47-45(49)46-48(53-47)42-32-30-40(52)38-44(42)50(46,35-27-23-19-15-11-7-3)36-28-24-20-16-12-8-4/h29-32,37-38H,5-28,33-36H2,1-4H3. The molecule has 2 aliphatic rings. The van der Waals surface area contributed by atoms with E-state index in [-0.39, 0.29) is 10.8 Å². The number of halogens is 2. The van der Waals surface area contributed by atoms with Gasteiger partial charge in [0.15, 0.2) is 0 Å². The van der Waals surface area contributed by atoms with Gasteiger partial charge in [0.2, 0.25) is 0 Å². The average molecular weight is 867 g/mol. The molecule has 294 valence electrons. The van der Waals surface area contributed by atoms with E-state index in [2.05, 4.69) is 107 Å². The fraction of sp³-hybridized carbons (Fsp3) is 0.680. The van der Waals surface area contributed by atoms with Gasteiger partial charge in [0.25, 0.3) is 0 Å². The molecular weight excluding hydrogens is 792 g/mol. The lowest BCUT2D eigenvalue weighted by Gasteiger charge is -2.39. The summed E-state index contributed by atoms with van der Waals surface area (Å²) in [5.74, 6) is 0. The van der Waals surface area contributed by atoms with Gasteiger partial charge in [-0.2, -0.15) is 0 Å². The van der Waals surface area contributed by atoms with Gasteiger partial charge in [-0.15, -0.1) is 11.3 Å². The highest BCUT2D eigenvalue weighted by Gasteiger charge is 2.53. The van der Waals surface area contributed by atoms with Gasteiger partial charge >= 0.3 is 0 Å². The van der Waals surface area contributed by atoms with Gasteiger partial charge in [0, 0.05) is 29.5 Å². The molecular formula is C50H74Br2S. The molecule has 0 N–H and O–H groups in total. The summed E-state index contributed by atoms with van der Waals surface area (Å²) >= 11 is 10.2. The Kier molecular flexibility index (Phi) is 18.1. The molecule has 1 heterocycles. The van der Waals surface area contributed by atoms with Crippen molar-refractivity contribution < 1.29 is 0 Å². The minimum absolute atomic E-state index is 0.112. The summed E-state index contributed by atoms with van der Waals surface area (Å²) in [5, 5.41) is 0. The number of thiophene rings is 1. The Labute approximate surface area is 347 Å². The zero-order chi connectivity index (χ0) is 37.5. The molecule has 2 aromatic carbocycles. The Morgan fingerprint density at radius 2 is 0.679 bits per heavy atom. The summed E-state index contributed by atoms with van der Waals surface area (Å²) in [6.45, 7) is 9.39. The minimum Gasteiger partial charge on any atom is -0.135 e. The fourth-order valence-corrected chi connectivity index (χ4v) is 12.6. The second kappa shape index (κ2) is 22.1. The number of rotatable bonds is 28. The quantitative estimate of drug-likeness (QED) is 0.0638. The topological polar surface area (TPSA) is 0 Å². The van der Waals surface area contributed by atoms with E-state index < -0.39 is 0 Å². The molecule has 0 bridgehead atoms. The normalized spacial score (nSPS) is 14.8. The molecule has 53 heavy (non-hydrogen) atoms. The maximum atomic E-state index is 4.00. The number of hydrogen-bond donors (Lipinski definition) is 0. The lowest BCUT2D eigenvalue weighted by Crippen LogP contribution is -2.32. The first-order valence-electron chi connectivity index (χ1n) is 22.8. The summed E-state index contributed by atoms with van der Waals surface area (Å²) in [4.78, 5) is 3.27. The van der Waals surface area contributed by atoms with Crippen molar-refractivity contribution in [3.63, 3.8) is 0 Å². The number of fused-ring (bicyclic) bond motifs is 7. The molecule has 0 saturated carbocycles. The third kappa shape index (κ3) is 10.3. The summed E-state index contributed by atoms with van der Waals surface area (Å²) in [7, 11) is 0. The summed E-state index contributed by atoms with van der Waals surface area (Å²) in [5.41, 5.74) is 10.3. The van der Waals surface area contributed by atoms with Gasteiger partial charge in [0.05, 0.1) is 0 Å². The van der Waals surface area contributed by atoms with Crippen LogP contribution in [0.15, 0.2) is 45.3 Å². The van der Waals surface area contributed by atoms with Gasteiger partial charge in [0.1, 0.15) is 0 Å². The first-order chi connectivity index (χ1) is 26.0. The van der Waals surface area contributed by atoms with Gasteiger partial charge in [-0.3, -0.25) is 0 Å². The zero-order valence-corrected chi connectivity index (χ0v) is 38.4. The van der Waals surface area contributed by atoms with E-state index >= 15 is 0 Å². The maximum Gasteiger partial charge on any atom is 0.0396 e. The molecule has 5 rings (SSSR count). The van der Waals surface area contributed by atoms with Crippen molar-refractivity contribution in [3.8, 4) is 20.9 Å². The Hall–Kier alpha value is -0.900. The van der Waals surface area contributed by atoms with Gasteiger partial charge in [-0.25, -0.2) is 0 Å². The highest BCUT2D eigenvalue weighted by atomic mass is 79.9. The first kappa shape index (κ1) is 43.2. The molecule has 0 aliphatic heterocycles. The Bertz CT molecular complexity index is 1390. The smallest absolute Gasteiger partial charge is 0.0396 e. The number of benzene rings is 2. The molecule has 3 heteroatoms. The van der Waals surface area contributed by atoms with Crippen LogP contribution in [0.5, 0.6) is 0 Å². The van der Waals surface area contributed by atoms with Crippen LogP contribution in [0.1, 0.15) is 230 Å². The fourth-order valence-electron chi connectivity index (χ4n) is 10.3. The zero-order valence-electron chi connectivity index (χ0n) is 34.4. The van der Waals surface area contributed by atoms with Crippen LogP contribution in [0, 0.1) is 0 Å². The van der Waals surface area contributed by atoms with Crippen molar-refractivity contribution >= 4 is 43.2 Å². The third-order valence-corrected chi connectivity index (χ3v) is 15.4. The second-order valence-electron chi connectivity index (χ2n) is 17.1. The third-order valence-electron chi connectivity index (χ3n) is 13.2. The molecule has 0 nitrogen and oxygen atoms in total. The van der Waals surface area contributed by atoms with Gasteiger partial charge in [-0.05, 0) is 83.3 Å². The van der Waals surface area contributed by atoms with Crippen LogP contribution < -0.4 is 0 Å². The van der Waals surface area contributed by atoms with Crippen molar-refractivity contribution in [3.05, 3.63) is 67.6 Å². The van der Waals surface area contributed by atoms with E-state index in [1.165, 1.54) is 189 Å². The molecule has 0 saturated heterocycles. The largest absolute Gasteiger partial charge is 0.135 e. The Morgan fingerprint density at radius 3 is 0.981 bits per heavy atom. The molecule has 0 radical (unpaired) electrons. The lowest BCUT2D eigenvalue weighted by molar-refractivity contribution is 0.368. The minimum atomic E-state index is 0.112. The lowest BCUT2D eigenvalue weighted by atomic mass is 9.64. The summed E-state index contributed by atoms with van der Waals surface area (Å²) in [6.07, 6.45) is 38.0. The average Bonchev–Trinajstić information content (AvgIpc) is 3.75. The first-order valence-corrected chi connectivity index (χ1v) is 25.2. The van der Waals surface area contributed by atoms with E-state index in [1.807, 2.05) is 0 Å². The molecule has 0 atom stereocenters. The Balaban J connectivity index is 1.62. The second-order valence-corrected chi connectivity index (χ2v) is 20.0. The highest BCUT2D eigenvalue weighted by Crippen LogP contribution is 2.68. The summed E-state index contributed by atoms with van der Waals surface area (Å²) in [6, 6.07) is 14.8. The van der Waals surface area contributed by atoms with Crippen molar-refractivity contribution in [2.75, 3.05) is 0 Å².